The Morgan fingerprint density at radius 1 is 1.15 bits per heavy atom. The number of nitrogens with one attached hydrogen (secondary N) is 1. The number of hydrogen-bond acceptors (Lipinski definition) is 5. The highest BCUT2D eigenvalue weighted by Gasteiger charge is 2.21. The maximum absolute atomic E-state index is 12.6. The average Bonchev–Trinajstić information content (AvgIpc) is 2.80. The molecule has 1 saturated heterocycles. The van der Waals surface area contributed by atoms with Gasteiger partial charge in [-0.05, 0) is 67.1 Å². The molecule has 0 aliphatic carbocycles. The minimum atomic E-state index is -3.62. The van der Waals surface area contributed by atoms with Crippen molar-refractivity contribution in [3.05, 3.63) is 54.1 Å². The van der Waals surface area contributed by atoms with Crippen LogP contribution in [0.5, 0.6) is 5.75 Å². The van der Waals surface area contributed by atoms with E-state index in [4.69, 9.17) is 4.74 Å². The number of hydrogen-bond donors (Lipinski definition) is 1. The van der Waals surface area contributed by atoms with Crippen LogP contribution in [0.2, 0.25) is 0 Å². The lowest BCUT2D eigenvalue weighted by molar-refractivity contribution is -0.119. The summed E-state index contributed by atoms with van der Waals surface area (Å²) in [5.41, 5.74) is 2.60. The summed E-state index contributed by atoms with van der Waals surface area (Å²) >= 11 is 0. The molecule has 1 fully saturated rings. The predicted octanol–water partition coefficient (Wildman–Crippen LogP) is 3.79. The molecule has 1 unspecified atom stereocenters. The Hall–Kier alpha value is -2.74. The molecule has 1 heterocycles. The number of piperidine rings is 1. The number of amides is 1. The topological polar surface area (TPSA) is 79.0 Å². The van der Waals surface area contributed by atoms with Gasteiger partial charge in [0.15, 0.2) is 0 Å². The fourth-order valence-electron chi connectivity index (χ4n) is 3.96. The van der Waals surface area contributed by atoms with Gasteiger partial charge in [-0.25, -0.2) is 8.42 Å². The molecular formula is C25H35N3O4S. The van der Waals surface area contributed by atoms with Crippen LogP contribution in [0.1, 0.15) is 38.7 Å². The van der Waals surface area contributed by atoms with Crippen molar-refractivity contribution in [3.63, 3.8) is 0 Å². The standard InChI is InChI=1S/C25H35N3O4S/c1-4-16-32-24-13-11-23(12-14-24)28(33(3,30)31)19-25(29)26-17-21-7-9-22(10-8-21)27-15-5-6-20(2)18-27/h7-14,20H,4-6,15-19H2,1-3H3,(H,26,29). The number of benzene rings is 2. The van der Waals surface area contributed by atoms with Gasteiger partial charge in [0, 0.05) is 25.3 Å². The molecule has 1 N–H and O–H groups in total. The molecule has 1 amide bonds. The maximum atomic E-state index is 12.6. The summed E-state index contributed by atoms with van der Waals surface area (Å²) in [5, 5.41) is 2.83. The van der Waals surface area contributed by atoms with E-state index in [-0.39, 0.29) is 12.5 Å². The highest BCUT2D eigenvalue weighted by atomic mass is 32.2. The smallest absolute Gasteiger partial charge is 0.241 e. The van der Waals surface area contributed by atoms with Crippen LogP contribution in [0.4, 0.5) is 11.4 Å². The lowest BCUT2D eigenvalue weighted by Crippen LogP contribution is -2.40. The molecule has 1 aliphatic heterocycles. The Balaban J connectivity index is 1.57. The van der Waals surface area contributed by atoms with Crippen molar-refractivity contribution in [2.45, 2.75) is 39.7 Å². The number of sulfonamides is 1. The normalized spacial score (nSPS) is 16.3. The number of ether oxygens (including phenoxy) is 1. The quantitative estimate of drug-likeness (QED) is 0.568. The van der Waals surface area contributed by atoms with Crippen LogP contribution in [0.3, 0.4) is 0 Å². The summed E-state index contributed by atoms with van der Waals surface area (Å²) in [6.07, 6.45) is 4.48. The summed E-state index contributed by atoms with van der Waals surface area (Å²) in [5.74, 6) is 1.01. The van der Waals surface area contributed by atoms with Crippen LogP contribution in [-0.2, 0) is 21.4 Å². The van der Waals surface area contributed by atoms with Gasteiger partial charge in [-0.1, -0.05) is 26.0 Å². The van der Waals surface area contributed by atoms with Gasteiger partial charge in [-0.15, -0.1) is 0 Å². The van der Waals surface area contributed by atoms with Crippen LogP contribution in [0.15, 0.2) is 48.5 Å². The molecule has 1 atom stereocenters. The second-order valence-corrected chi connectivity index (χ2v) is 10.7. The fourth-order valence-corrected chi connectivity index (χ4v) is 4.82. The van der Waals surface area contributed by atoms with Crippen molar-refractivity contribution in [1.29, 1.82) is 0 Å². The fraction of sp³-hybridized carbons (Fsp3) is 0.480. The third-order valence-electron chi connectivity index (χ3n) is 5.73. The summed E-state index contributed by atoms with van der Waals surface area (Å²) in [6, 6.07) is 14.9. The van der Waals surface area contributed by atoms with E-state index in [1.165, 1.54) is 18.5 Å². The summed E-state index contributed by atoms with van der Waals surface area (Å²) in [4.78, 5) is 15.0. The lowest BCUT2D eigenvalue weighted by atomic mass is 9.99. The molecule has 8 heteroatoms. The van der Waals surface area contributed by atoms with Crippen LogP contribution in [-0.4, -0.2) is 46.8 Å². The average molecular weight is 474 g/mol. The third kappa shape index (κ3) is 7.39. The van der Waals surface area contributed by atoms with Crippen molar-refractivity contribution < 1.29 is 17.9 Å². The van der Waals surface area contributed by atoms with Crippen LogP contribution >= 0.6 is 0 Å². The van der Waals surface area contributed by atoms with E-state index in [0.29, 0.717) is 30.5 Å². The molecule has 33 heavy (non-hydrogen) atoms. The van der Waals surface area contributed by atoms with E-state index in [1.54, 1.807) is 24.3 Å². The van der Waals surface area contributed by atoms with Crippen molar-refractivity contribution in [2.24, 2.45) is 5.92 Å². The zero-order valence-electron chi connectivity index (χ0n) is 19.8. The molecule has 0 spiro atoms. The first-order valence-electron chi connectivity index (χ1n) is 11.6. The first-order valence-corrected chi connectivity index (χ1v) is 13.4. The van der Waals surface area contributed by atoms with Gasteiger partial charge in [-0.3, -0.25) is 9.10 Å². The Labute approximate surface area is 197 Å². The van der Waals surface area contributed by atoms with Crippen molar-refractivity contribution in [3.8, 4) is 5.75 Å². The summed E-state index contributed by atoms with van der Waals surface area (Å²) in [6.45, 7) is 7.10. The van der Waals surface area contributed by atoms with E-state index in [1.807, 2.05) is 19.1 Å². The molecule has 180 valence electrons. The maximum Gasteiger partial charge on any atom is 0.241 e. The lowest BCUT2D eigenvalue weighted by Gasteiger charge is -2.32. The third-order valence-corrected chi connectivity index (χ3v) is 6.87. The molecule has 2 aromatic rings. The number of carbonyl (C=O) groups is 1. The van der Waals surface area contributed by atoms with Gasteiger partial charge in [0.1, 0.15) is 12.3 Å². The highest BCUT2D eigenvalue weighted by molar-refractivity contribution is 7.92. The zero-order valence-corrected chi connectivity index (χ0v) is 20.6. The minimum Gasteiger partial charge on any atom is -0.494 e. The number of carbonyl (C=O) groups excluding carboxylic acids is 1. The van der Waals surface area contributed by atoms with Gasteiger partial charge >= 0.3 is 0 Å². The molecule has 2 aromatic carbocycles. The molecule has 0 aromatic heterocycles. The van der Waals surface area contributed by atoms with Crippen molar-refractivity contribution in [1.82, 2.24) is 5.32 Å². The highest BCUT2D eigenvalue weighted by Crippen LogP contribution is 2.24. The Bertz CT molecular complexity index is 1010. The summed E-state index contributed by atoms with van der Waals surface area (Å²) < 4.78 is 31.3. The summed E-state index contributed by atoms with van der Waals surface area (Å²) in [7, 11) is -3.62. The Kier molecular flexibility index (Phi) is 8.61. The largest absolute Gasteiger partial charge is 0.494 e. The second-order valence-electron chi connectivity index (χ2n) is 8.75. The molecule has 0 saturated carbocycles. The first-order chi connectivity index (χ1) is 15.8. The molecular weight excluding hydrogens is 438 g/mol. The first kappa shape index (κ1) is 24.9. The number of rotatable bonds is 10. The molecule has 7 nitrogen and oxygen atoms in total. The van der Waals surface area contributed by atoms with Gasteiger partial charge in [-0.2, -0.15) is 0 Å². The number of anilines is 2. The van der Waals surface area contributed by atoms with Gasteiger partial charge in [0.25, 0.3) is 0 Å². The Morgan fingerprint density at radius 3 is 2.45 bits per heavy atom. The van der Waals surface area contributed by atoms with Crippen LogP contribution in [0, 0.1) is 5.92 Å². The van der Waals surface area contributed by atoms with Gasteiger partial charge < -0.3 is 15.0 Å². The Morgan fingerprint density at radius 2 is 1.85 bits per heavy atom. The van der Waals surface area contributed by atoms with Crippen molar-refractivity contribution >= 4 is 27.3 Å². The van der Waals surface area contributed by atoms with E-state index in [0.717, 1.165) is 35.6 Å². The zero-order chi connectivity index (χ0) is 23.8. The molecule has 1 aliphatic rings. The van der Waals surface area contributed by atoms with Crippen LogP contribution in [0.25, 0.3) is 0 Å². The number of nitrogens with zero attached hydrogens (tertiary/aromatic N) is 2. The SMILES string of the molecule is CCCOc1ccc(N(CC(=O)NCc2ccc(N3CCCC(C)C3)cc2)S(C)(=O)=O)cc1. The van der Waals surface area contributed by atoms with Gasteiger partial charge in [0.2, 0.25) is 15.9 Å². The van der Waals surface area contributed by atoms with Crippen LogP contribution < -0.4 is 19.3 Å². The molecule has 3 rings (SSSR count). The van der Waals surface area contributed by atoms with E-state index < -0.39 is 10.0 Å². The molecule has 0 radical (unpaired) electrons. The van der Waals surface area contributed by atoms with Gasteiger partial charge in [0.05, 0.1) is 18.6 Å². The van der Waals surface area contributed by atoms with Crippen molar-refractivity contribution in [2.75, 3.05) is 41.7 Å². The minimum absolute atomic E-state index is 0.280. The van der Waals surface area contributed by atoms with E-state index >= 15 is 0 Å². The second kappa shape index (κ2) is 11.4. The predicted molar refractivity (Wildman–Crippen MR) is 133 cm³/mol. The monoisotopic (exact) mass is 473 g/mol. The molecule has 0 bridgehead atoms. The van der Waals surface area contributed by atoms with E-state index in [9.17, 15) is 13.2 Å². The van der Waals surface area contributed by atoms with E-state index in [2.05, 4.69) is 29.3 Å².